The van der Waals surface area contributed by atoms with Gasteiger partial charge in [0.1, 0.15) is 10.9 Å². The third-order valence-corrected chi connectivity index (χ3v) is 6.24. The van der Waals surface area contributed by atoms with E-state index in [-0.39, 0.29) is 11.9 Å². The highest BCUT2D eigenvalue weighted by molar-refractivity contribution is 6.33. The van der Waals surface area contributed by atoms with Gasteiger partial charge in [-0.1, -0.05) is 36.2 Å². The lowest BCUT2D eigenvalue weighted by Crippen LogP contribution is -2.35. The number of benzene rings is 2. The summed E-state index contributed by atoms with van der Waals surface area (Å²) >= 11 is 13.1. The summed E-state index contributed by atoms with van der Waals surface area (Å²) in [5.74, 6) is -0.00922. The summed E-state index contributed by atoms with van der Waals surface area (Å²) in [7, 11) is 6.28. The second-order valence-electron chi connectivity index (χ2n) is 7.89. The van der Waals surface area contributed by atoms with Gasteiger partial charge in [0.25, 0.3) is 0 Å². The van der Waals surface area contributed by atoms with Crippen molar-refractivity contribution in [3.8, 4) is 5.75 Å². The topological polar surface area (TPSA) is 83.7 Å². The lowest BCUT2D eigenvalue weighted by atomic mass is 9.90. The number of rotatable bonds is 7. The van der Waals surface area contributed by atoms with E-state index in [0.717, 1.165) is 27.6 Å². The van der Waals surface area contributed by atoms with Gasteiger partial charge < -0.3 is 24.7 Å². The highest BCUT2D eigenvalue weighted by atomic mass is 35.5. The van der Waals surface area contributed by atoms with Crippen LogP contribution in [0.5, 0.6) is 5.75 Å². The number of carbonyl (C=O) groups excluding carboxylic acids is 2. The van der Waals surface area contributed by atoms with E-state index in [0.29, 0.717) is 34.5 Å². The molecule has 0 bridgehead atoms. The zero-order chi connectivity index (χ0) is 24.3. The van der Waals surface area contributed by atoms with Crippen molar-refractivity contribution in [3.63, 3.8) is 0 Å². The molecule has 0 fully saturated rings. The molecule has 33 heavy (non-hydrogen) atoms. The number of nitrogens with zero attached hydrogens (tertiary/aromatic N) is 1. The van der Waals surface area contributed by atoms with E-state index in [2.05, 4.69) is 10.3 Å². The van der Waals surface area contributed by atoms with Crippen molar-refractivity contribution in [2.75, 3.05) is 34.9 Å². The first-order valence-electron chi connectivity index (χ1n) is 10.4. The van der Waals surface area contributed by atoms with E-state index in [1.807, 2.05) is 25.1 Å². The van der Waals surface area contributed by atoms with Crippen LogP contribution in [0.25, 0.3) is 10.9 Å². The standard InChI is InChI=1S/C24H27Cl2N3O4/c1-13(16-7-6-15(23(30)33-5)11-20(16)32-4)21-17-10-14(8-9-27-24(31)29(2)3)18(25)12-19(17)28-22(21)26/h6-7,10-13,28H,8-9H2,1-5H3,(H,27,31). The van der Waals surface area contributed by atoms with Gasteiger partial charge in [0.2, 0.25) is 0 Å². The molecule has 9 heteroatoms. The maximum absolute atomic E-state index is 11.9. The Kier molecular flexibility index (Phi) is 7.76. The zero-order valence-electron chi connectivity index (χ0n) is 19.2. The molecule has 176 valence electrons. The fourth-order valence-electron chi connectivity index (χ4n) is 3.79. The van der Waals surface area contributed by atoms with Crippen LogP contribution in [0.1, 0.15) is 39.9 Å². The molecule has 0 saturated carbocycles. The molecule has 2 amide bonds. The van der Waals surface area contributed by atoms with Crippen molar-refractivity contribution < 1.29 is 19.1 Å². The number of aromatic amines is 1. The molecule has 0 aliphatic rings. The Labute approximate surface area is 202 Å². The third-order valence-electron chi connectivity index (χ3n) is 5.59. The van der Waals surface area contributed by atoms with Crippen LogP contribution < -0.4 is 10.1 Å². The van der Waals surface area contributed by atoms with E-state index in [1.54, 1.807) is 33.3 Å². The first-order chi connectivity index (χ1) is 15.7. The van der Waals surface area contributed by atoms with Gasteiger partial charge in [-0.05, 0) is 36.2 Å². The lowest BCUT2D eigenvalue weighted by Gasteiger charge is -2.17. The second kappa shape index (κ2) is 10.4. The van der Waals surface area contributed by atoms with Crippen molar-refractivity contribution in [2.45, 2.75) is 19.3 Å². The molecular weight excluding hydrogens is 465 g/mol. The molecule has 1 atom stereocenters. The Balaban J connectivity index is 1.98. The van der Waals surface area contributed by atoms with Crippen molar-refractivity contribution >= 4 is 46.1 Å². The minimum Gasteiger partial charge on any atom is -0.496 e. The molecule has 0 spiro atoms. The van der Waals surface area contributed by atoms with Crippen LogP contribution in [0.3, 0.4) is 0 Å². The summed E-state index contributed by atoms with van der Waals surface area (Å²) in [4.78, 5) is 28.4. The van der Waals surface area contributed by atoms with Crippen LogP contribution in [-0.2, 0) is 11.2 Å². The molecule has 0 radical (unpaired) electrons. The summed E-state index contributed by atoms with van der Waals surface area (Å²) < 4.78 is 10.4. The van der Waals surface area contributed by atoms with E-state index in [1.165, 1.54) is 12.0 Å². The Morgan fingerprint density at radius 3 is 2.52 bits per heavy atom. The summed E-state index contributed by atoms with van der Waals surface area (Å²) in [6.07, 6.45) is 0.572. The molecule has 0 aliphatic carbocycles. The van der Waals surface area contributed by atoms with Gasteiger partial charge in [0.15, 0.2) is 0 Å². The third kappa shape index (κ3) is 5.20. The minimum absolute atomic E-state index is 0.143. The average molecular weight is 492 g/mol. The molecule has 1 unspecified atom stereocenters. The molecule has 2 N–H and O–H groups in total. The Hall–Kier alpha value is -2.90. The number of methoxy groups -OCH3 is 2. The van der Waals surface area contributed by atoms with Gasteiger partial charge >= 0.3 is 12.0 Å². The highest BCUT2D eigenvalue weighted by Crippen LogP contribution is 2.41. The van der Waals surface area contributed by atoms with E-state index in [9.17, 15) is 9.59 Å². The molecule has 3 rings (SSSR count). The van der Waals surface area contributed by atoms with Crippen LogP contribution in [0.4, 0.5) is 4.79 Å². The fraction of sp³-hybridized carbons (Fsp3) is 0.333. The SMILES string of the molecule is COC(=O)c1ccc(C(C)c2c(Cl)[nH]c3cc(Cl)c(CCNC(=O)N(C)C)cc23)c(OC)c1. The monoisotopic (exact) mass is 491 g/mol. The second-order valence-corrected chi connectivity index (χ2v) is 8.67. The summed E-state index contributed by atoms with van der Waals surface area (Å²) in [6, 6.07) is 8.91. The molecule has 0 saturated heterocycles. The van der Waals surface area contributed by atoms with E-state index in [4.69, 9.17) is 32.7 Å². The molecule has 1 aromatic heterocycles. The number of nitrogens with one attached hydrogen (secondary N) is 2. The van der Waals surface area contributed by atoms with Crippen molar-refractivity contribution in [2.24, 2.45) is 0 Å². The number of ether oxygens (including phenoxy) is 2. The van der Waals surface area contributed by atoms with Crippen LogP contribution in [0.15, 0.2) is 30.3 Å². The Bertz CT molecular complexity index is 1190. The number of H-pyrrole nitrogens is 1. The number of hydrogen-bond donors (Lipinski definition) is 2. The first-order valence-corrected chi connectivity index (χ1v) is 11.1. The predicted octanol–water partition coefficient (Wildman–Crippen LogP) is 5.24. The smallest absolute Gasteiger partial charge is 0.337 e. The number of carbonyl (C=O) groups is 2. The number of urea groups is 1. The van der Waals surface area contributed by atoms with Crippen molar-refractivity contribution in [3.05, 3.63) is 62.8 Å². The van der Waals surface area contributed by atoms with Gasteiger partial charge in [0, 0.05) is 53.6 Å². The van der Waals surface area contributed by atoms with Crippen LogP contribution >= 0.6 is 23.2 Å². The normalized spacial score (nSPS) is 11.8. The fourth-order valence-corrected chi connectivity index (χ4v) is 4.42. The molecular formula is C24H27Cl2N3O4. The van der Waals surface area contributed by atoms with Gasteiger partial charge in [0.05, 0.1) is 19.8 Å². The van der Waals surface area contributed by atoms with Crippen LogP contribution in [-0.4, -0.2) is 56.7 Å². The van der Waals surface area contributed by atoms with Crippen LogP contribution in [0, 0.1) is 0 Å². The highest BCUT2D eigenvalue weighted by Gasteiger charge is 2.23. The summed E-state index contributed by atoms with van der Waals surface area (Å²) in [5, 5.41) is 4.89. The first kappa shape index (κ1) is 24.7. The quantitative estimate of drug-likeness (QED) is 0.442. The molecule has 7 nitrogen and oxygen atoms in total. The number of esters is 1. The van der Waals surface area contributed by atoms with Crippen molar-refractivity contribution in [1.82, 2.24) is 15.2 Å². The summed E-state index contributed by atoms with van der Waals surface area (Å²) in [5.41, 5.74) is 3.90. The molecule has 1 heterocycles. The van der Waals surface area contributed by atoms with E-state index < -0.39 is 5.97 Å². The number of amides is 2. The minimum atomic E-state index is -0.432. The molecule has 3 aromatic rings. The lowest BCUT2D eigenvalue weighted by molar-refractivity contribution is 0.0600. The number of fused-ring (bicyclic) bond motifs is 1. The number of aromatic nitrogens is 1. The maximum atomic E-state index is 11.9. The number of hydrogen-bond acceptors (Lipinski definition) is 4. The van der Waals surface area contributed by atoms with E-state index >= 15 is 0 Å². The number of halogens is 2. The maximum Gasteiger partial charge on any atom is 0.337 e. The zero-order valence-corrected chi connectivity index (χ0v) is 20.7. The Morgan fingerprint density at radius 2 is 1.88 bits per heavy atom. The van der Waals surface area contributed by atoms with Crippen molar-refractivity contribution in [1.29, 1.82) is 0 Å². The van der Waals surface area contributed by atoms with Gasteiger partial charge in [-0.25, -0.2) is 9.59 Å². The van der Waals surface area contributed by atoms with Gasteiger partial charge in [-0.2, -0.15) is 0 Å². The van der Waals surface area contributed by atoms with Gasteiger partial charge in [-0.15, -0.1) is 0 Å². The Morgan fingerprint density at radius 1 is 1.15 bits per heavy atom. The predicted molar refractivity (Wildman–Crippen MR) is 131 cm³/mol. The molecule has 0 aliphatic heterocycles. The van der Waals surface area contributed by atoms with Gasteiger partial charge in [-0.3, -0.25) is 0 Å². The molecule has 2 aromatic carbocycles. The largest absolute Gasteiger partial charge is 0.496 e. The average Bonchev–Trinajstić information content (AvgIpc) is 3.11. The summed E-state index contributed by atoms with van der Waals surface area (Å²) in [6.45, 7) is 2.48. The van der Waals surface area contributed by atoms with Crippen LogP contribution in [0.2, 0.25) is 10.2 Å².